The molecule has 69 valence electrons. The lowest BCUT2D eigenvalue weighted by Gasteiger charge is -2.27. The molecule has 0 N–H and O–H groups in total. The summed E-state index contributed by atoms with van der Waals surface area (Å²) in [7, 11) is 0. The lowest BCUT2D eigenvalue weighted by atomic mass is 9.79. The second kappa shape index (κ2) is 3.56. The van der Waals surface area contributed by atoms with E-state index < -0.39 is 0 Å². The van der Waals surface area contributed by atoms with E-state index in [-0.39, 0.29) is 11.3 Å². The molecule has 0 aliphatic carbocycles. The first-order chi connectivity index (χ1) is 5.52. The topological polar surface area (TPSA) is 31.2 Å². The Labute approximate surface area is 74.7 Å². The van der Waals surface area contributed by atoms with Crippen molar-refractivity contribution in [3.63, 3.8) is 0 Å². The summed E-state index contributed by atoms with van der Waals surface area (Å²) in [6.07, 6.45) is 1.94. The zero-order chi connectivity index (χ0) is 9.19. The van der Waals surface area contributed by atoms with Gasteiger partial charge in [-0.3, -0.25) is 4.79 Å². The molecule has 1 aliphatic heterocycles. The van der Waals surface area contributed by atoms with E-state index in [4.69, 9.17) is 0 Å². The fourth-order valence-electron chi connectivity index (χ4n) is 1.62. The number of hydrogen-bond acceptors (Lipinski definition) is 1. The minimum atomic E-state index is -0.165. The Kier molecular flexibility index (Phi) is 2.89. The van der Waals surface area contributed by atoms with Gasteiger partial charge < -0.3 is 0 Å². The third-order valence-corrected chi connectivity index (χ3v) is 2.38. The molecule has 0 amide bonds. The van der Waals surface area contributed by atoms with Gasteiger partial charge in [-0.1, -0.05) is 20.8 Å². The fourth-order valence-corrected chi connectivity index (χ4v) is 1.62. The molecule has 0 aromatic carbocycles. The summed E-state index contributed by atoms with van der Waals surface area (Å²) in [6.45, 7) is 7.77. The number of nitrogens with zero attached hydrogens (tertiary/aromatic N) is 1. The number of hydrogen-bond donors (Lipinski definition) is 0. The summed E-state index contributed by atoms with van der Waals surface area (Å²) in [5.41, 5.74) is -0.165. The minimum absolute atomic E-state index is 0.165. The van der Waals surface area contributed by atoms with E-state index in [0.29, 0.717) is 5.78 Å². The highest BCUT2D eigenvalue weighted by molar-refractivity contribution is 5.86. The number of rotatable bonds is 1. The van der Waals surface area contributed by atoms with Gasteiger partial charge in [-0.25, -0.2) is 5.32 Å². The van der Waals surface area contributed by atoms with Crippen molar-refractivity contribution in [1.29, 1.82) is 0 Å². The van der Waals surface area contributed by atoms with E-state index >= 15 is 0 Å². The number of carbonyl (C=O) groups is 1. The maximum absolute atomic E-state index is 11.8. The zero-order valence-electron chi connectivity index (χ0n) is 8.26. The molecule has 2 heteroatoms. The van der Waals surface area contributed by atoms with E-state index in [0.717, 1.165) is 25.9 Å². The number of Topliss-reactive ketones (excluding diaryl/α,β-unsaturated/α-hetero) is 1. The maximum Gasteiger partial charge on any atom is 0.141 e. The molecule has 0 spiro atoms. The third-order valence-electron chi connectivity index (χ3n) is 2.38. The summed E-state index contributed by atoms with van der Waals surface area (Å²) in [5, 5.41) is 4.24. The molecule has 0 bridgehead atoms. The second-order valence-corrected chi connectivity index (χ2v) is 4.56. The van der Waals surface area contributed by atoms with Crippen LogP contribution in [0.15, 0.2) is 0 Å². The first-order valence-corrected chi connectivity index (χ1v) is 4.69. The molecular formula is C10H18NO. The van der Waals surface area contributed by atoms with Crippen molar-refractivity contribution < 1.29 is 4.79 Å². The van der Waals surface area contributed by atoms with Gasteiger partial charge in [0.25, 0.3) is 0 Å². The molecule has 2 nitrogen and oxygen atoms in total. The van der Waals surface area contributed by atoms with Gasteiger partial charge in [0, 0.05) is 24.4 Å². The Morgan fingerprint density at radius 3 is 2.17 bits per heavy atom. The standard InChI is InChI=1S/C10H18NO/c1-10(2,3)9(12)8-4-6-11-7-5-8/h8H,4-7H2,1-3H3. The summed E-state index contributed by atoms with van der Waals surface area (Å²) >= 11 is 0. The number of piperidine rings is 1. The second-order valence-electron chi connectivity index (χ2n) is 4.56. The number of carbonyl (C=O) groups excluding carboxylic acids is 1. The molecule has 0 unspecified atom stereocenters. The van der Waals surface area contributed by atoms with Crippen molar-refractivity contribution in [2.75, 3.05) is 13.1 Å². The highest BCUT2D eigenvalue weighted by Crippen LogP contribution is 2.25. The van der Waals surface area contributed by atoms with Crippen molar-refractivity contribution in [2.45, 2.75) is 33.6 Å². The van der Waals surface area contributed by atoms with E-state index in [9.17, 15) is 4.79 Å². The third kappa shape index (κ3) is 2.31. The van der Waals surface area contributed by atoms with Gasteiger partial charge in [-0.2, -0.15) is 0 Å². The van der Waals surface area contributed by atoms with Gasteiger partial charge >= 0.3 is 0 Å². The highest BCUT2D eigenvalue weighted by Gasteiger charge is 2.30. The normalized spacial score (nSPS) is 20.9. The van der Waals surface area contributed by atoms with Crippen LogP contribution in [-0.4, -0.2) is 18.9 Å². The monoisotopic (exact) mass is 168 g/mol. The highest BCUT2D eigenvalue weighted by atomic mass is 16.1. The van der Waals surface area contributed by atoms with E-state index in [1.807, 2.05) is 20.8 Å². The average Bonchev–Trinajstić information content (AvgIpc) is 2.03. The van der Waals surface area contributed by atoms with Crippen LogP contribution in [0, 0.1) is 11.3 Å². The van der Waals surface area contributed by atoms with Crippen LogP contribution in [0.1, 0.15) is 33.6 Å². The molecule has 0 aromatic rings. The van der Waals surface area contributed by atoms with Crippen molar-refractivity contribution in [1.82, 2.24) is 5.32 Å². The van der Waals surface area contributed by atoms with Crippen LogP contribution < -0.4 is 5.32 Å². The number of ketones is 1. The summed E-state index contributed by atoms with van der Waals surface area (Å²) in [6, 6.07) is 0. The molecule has 1 saturated heterocycles. The van der Waals surface area contributed by atoms with Gasteiger partial charge in [-0.05, 0) is 12.8 Å². The van der Waals surface area contributed by atoms with Crippen molar-refractivity contribution in [3.8, 4) is 0 Å². The van der Waals surface area contributed by atoms with Crippen LogP contribution in [-0.2, 0) is 4.79 Å². The van der Waals surface area contributed by atoms with Gasteiger partial charge in [0.05, 0.1) is 0 Å². The van der Waals surface area contributed by atoms with Crippen molar-refractivity contribution >= 4 is 5.78 Å². The lowest BCUT2D eigenvalue weighted by molar-refractivity contribution is -0.131. The zero-order valence-corrected chi connectivity index (χ0v) is 8.26. The van der Waals surface area contributed by atoms with Crippen LogP contribution in [0.4, 0.5) is 0 Å². The molecule has 0 saturated carbocycles. The molecule has 1 aliphatic rings. The summed E-state index contributed by atoms with van der Waals surface area (Å²) in [5.74, 6) is 0.694. The Hall–Kier alpha value is -0.370. The van der Waals surface area contributed by atoms with Gasteiger partial charge in [-0.15, -0.1) is 0 Å². The van der Waals surface area contributed by atoms with Gasteiger partial charge in [0.1, 0.15) is 5.78 Å². The largest absolute Gasteiger partial charge is 0.299 e. The first kappa shape index (κ1) is 9.72. The van der Waals surface area contributed by atoms with E-state index in [2.05, 4.69) is 5.32 Å². The average molecular weight is 168 g/mol. The van der Waals surface area contributed by atoms with E-state index in [1.54, 1.807) is 0 Å². The molecule has 1 fully saturated rings. The SMILES string of the molecule is CC(C)(C)C(=O)C1CC[N]CC1. The molecule has 12 heavy (non-hydrogen) atoms. The predicted molar refractivity (Wildman–Crippen MR) is 49.1 cm³/mol. The van der Waals surface area contributed by atoms with Gasteiger partial charge in [0.15, 0.2) is 0 Å². The Morgan fingerprint density at radius 1 is 1.25 bits per heavy atom. The lowest BCUT2D eigenvalue weighted by Crippen LogP contribution is -2.34. The molecule has 0 atom stereocenters. The van der Waals surface area contributed by atoms with Crippen molar-refractivity contribution in [3.05, 3.63) is 0 Å². The summed E-state index contributed by atoms with van der Waals surface area (Å²) in [4.78, 5) is 11.8. The quantitative estimate of drug-likeness (QED) is 0.585. The minimum Gasteiger partial charge on any atom is -0.299 e. The molecule has 1 heterocycles. The molecule has 1 rings (SSSR count). The molecular weight excluding hydrogens is 150 g/mol. The van der Waals surface area contributed by atoms with Crippen LogP contribution in [0.5, 0.6) is 0 Å². The van der Waals surface area contributed by atoms with Crippen molar-refractivity contribution in [2.24, 2.45) is 11.3 Å². The Bertz CT molecular complexity index is 163. The maximum atomic E-state index is 11.8. The van der Waals surface area contributed by atoms with Gasteiger partial charge in [0.2, 0.25) is 0 Å². The fraction of sp³-hybridized carbons (Fsp3) is 0.900. The Morgan fingerprint density at radius 2 is 1.75 bits per heavy atom. The van der Waals surface area contributed by atoms with Crippen LogP contribution in [0.3, 0.4) is 0 Å². The summed E-state index contributed by atoms with van der Waals surface area (Å²) < 4.78 is 0. The molecule has 1 radical (unpaired) electrons. The van der Waals surface area contributed by atoms with Crippen LogP contribution in [0.25, 0.3) is 0 Å². The first-order valence-electron chi connectivity index (χ1n) is 4.69. The van der Waals surface area contributed by atoms with E-state index in [1.165, 1.54) is 0 Å². The predicted octanol–water partition coefficient (Wildman–Crippen LogP) is 1.62. The molecule has 0 aromatic heterocycles. The van der Waals surface area contributed by atoms with Crippen LogP contribution in [0.2, 0.25) is 0 Å². The Balaban J connectivity index is 2.51. The van der Waals surface area contributed by atoms with Crippen LogP contribution >= 0.6 is 0 Å². The smallest absolute Gasteiger partial charge is 0.141 e.